The van der Waals surface area contributed by atoms with Crippen molar-refractivity contribution in [3.8, 4) is 0 Å². The molecule has 92 valence electrons. The first-order chi connectivity index (χ1) is 8.56. The Hall–Kier alpha value is -1.08. The van der Waals surface area contributed by atoms with E-state index in [2.05, 4.69) is 43.8 Å². The monoisotopic (exact) mass is 416 g/mol. The molecule has 3 nitrogen and oxygen atoms in total. The zero-order chi connectivity index (χ0) is 13.1. The number of nitrogens with two attached hydrogens (primary N) is 1. The van der Waals surface area contributed by atoms with Crippen LogP contribution in [-0.4, -0.2) is 5.91 Å². The number of nitrogens with one attached hydrogen (secondary N) is 1. The lowest BCUT2D eigenvalue weighted by atomic mass is 10.2. The van der Waals surface area contributed by atoms with Gasteiger partial charge in [-0.15, -0.1) is 0 Å². The largest absolute Gasteiger partial charge is 0.398 e. The van der Waals surface area contributed by atoms with Gasteiger partial charge >= 0.3 is 0 Å². The van der Waals surface area contributed by atoms with Crippen LogP contribution >= 0.6 is 38.5 Å². The second-order valence-electron chi connectivity index (χ2n) is 3.70. The molecule has 0 spiro atoms. The van der Waals surface area contributed by atoms with E-state index < -0.39 is 0 Å². The topological polar surface area (TPSA) is 55.1 Å². The molecule has 0 aliphatic carbocycles. The number of carbonyl (C=O) groups is 1. The van der Waals surface area contributed by atoms with Gasteiger partial charge in [0.05, 0.1) is 0 Å². The number of rotatable bonds is 2. The van der Waals surface area contributed by atoms with E-state index in [1.54, 1.807) is 18.2 Å². The third-order valence-electron chi connectivity index (χ3n) is 2.35. The van der Waals surface area contributed by atoms with Crippen LogP contribution in [-0.2, 0) is 0 Å². The van der Waals surface area contributed by atoms with Gasteiger partial charge in [-0.05, 0) is 74.9 Å². The molecule has 0 aliphatic rings. The minimum Gasteiger partial charge on any atom is -0.398 e. The summed E-state index contributed by atoms with van der Waals surface area (Å²) in [4.78, 5) is 12.0. The van der Waals surface area contributed by atoms with Crippen molar-refractivity contribution in [2.75, 3.05) is 11.1 Å². The lowest BCUT2D eigenvalue weighted by Crippen LogP contribution is -2.12. The molecular weight excluding hydrogens is 407 g/mol. The molecule has 0 unspecified atom stereocenters. The normalized spacial score (nSPS) is 10.1. The van der Waals surface area contributed by atoms with Crippen LogP contribution in [0.3, 0.4) is 0 Å². The van der Waals surface area contributed by atoms with Gasteiger partial charge in [-0.3, -0.25) is 4.79 Å². The van der Waals surface area contributed by atoms with Gasteiger partial charge in [0.25, 0.3) is 5.91 Å². The zero-order valence-electron chi connectivity index (χ0n) is 9.28. The van der Waals surface area contributed by atoms with Crippen molar-refractivity contribution in [1.82, 2.24) is 0 Å². The van der Waals surface area contributed by atoms with Crippen LogP contribution in [0.15, 0.2) is 46.9 Å². The van der Waals surface area contributed by atoms with Crippen LogP contribution in [0.1, 0.15) is 10.4 Å². The molecule has 0 fully saturated rings. The van der Waals surface area contributed by atoms with Crippen molar-refractivity contribution in [1.29, 1.82) is 0 Å². The van der Waals surface area contributed by atoms with Gasteiger partial charge in [-0.25, -0.2) is 0 Å². The van der Waals surface area contributed by atoms with Crippen molar-refractivity contribution in [3.63, 3.8) is 0 Å². The average molecular weight is 417 g/mol. The van der Waals surface area contributed by atoms with Crippen LogP contribution in [0.2, 0.25) is 0 Å². The second-order valence-corrected chi connectivity index (χ2v) is 5.80. The van der Waals surface area contributed by atoms with Crippen LogP contribution in [0, 0.1) is 3.57 Å². The first kappa shape index (κ1) is 13.4. The highest BCUT2D eigenvalue weighted by molar-refractivity contribution is 14.1. The van der Waals surface area contributed by atoms with E-state index in [9.17, 15) is 4.79 Å². The van der Waals surface area contributed by atoms with Gasteiger partial charge in [-0.1, -0.05) is 6.07 Å². The fourth-order valence-corrected chi connectivity index (χ4v) is 2.36. The number of benzene rings is 2. The van der Waals surface area contributed by atoms with E-state index in [0.717, 1.165) is 13.7 Å². The Morgan fingerprint density at radius 1 is 1.22 bits per heavy atom. The minimum atomic E-state index is -0.155. The number of amides is 1. The molecule has 0 saturated carbocycles. The van der Waals surface area contributed by atoms with E-state index in [1.165, 1.54) is 0 Å². The van der Waals surface area contributed by atoms with Gasteiger partial charge in [-0.2, -0.15) is 0 Å². The average Bonchev–Trinajstić information content (AvgIpc) is 2.32. The Bertz CT molecular complexity index is 601. The summed E-state index contributed by atoms with van der Waals surface area (Å²) >= 11 is 5.51. The van der Waals surface area contributed by atoms with Gasteiger partial charge in [0, 0.05) is 25.0 Å². The Balaban J connectivity index is 2.19. The summed E-state index contributed by atoms with van der Waals surface area (Å²) < 4.78 is 1.79. The number of nitrogen functional groups attached to an aromatic ring is 1. The summed E-state index contributed by atoms with van der Waals surface area (Å²) in [5.41, 5.74) is 7.64. The molecule has 0 heterocycles. The third kappa shape index (κ3) is 3.23. The molecule has 2 rings (SSSR count). The lowest BCUT2D eigenvalue weighted by molar-refractivity contribution is 0.102. The minimum absolute atomic E-state index is 0.155. The first-order valence-electron chi connectivity index (χ1n) is 5.18. The van der Waals surface area contributed by atoms with E-state index >= 15 is 0 Å². The molecule has 5 heteroatoms. The smallest absolute Gasteiger partial charge is 0.255 e. The summed E-state index contributed by atoms with van der Waals surface area (Å²) in [5.74, 6) is -0.155. The molecule has 2 aromatic carbocycles. The maximum Gasteiger partial charge on any atom is 0.255 e. The summed E-state index contributed by atoms with van der Waals surface area (Å²) in [6.45, 7) is 0. The first-order valence-corrected chi connectivity index (χ1v) is 7.05. The van der Waals surface area contributed by atoms with Crippen molar-refractivity contribution in [2.24, 2.45) is 0 Å². The molecule has 1 amide bonds. The highest BCUT2D eigenvalue weighted by Crippen LogP contribution is 2.21. The molecule has 0 radical (unpaired) electrons. The molecule has 2 aromatic rings. The Morgan fingerprint density at radius 2 is 2.00 bits per heavy atom. The van der Waals surface area contributed by atoms with Gasteiger partial charge < -0.3 is 11.1 Å². The maximum atomic E-state index is 12.0. The van der Waals surface area contributed by atoms with Gasteiger partial charge in [0.15, 0.2) is 0 Å². The van der Waals surface area contributed by atoms with E-state index in [-0.39, 0.29) is 5.91 Å². The van der Waals surface area contributed by atoms with Crippen LogP contribution in [0.5, 0.6) is 0 Å². The van der Waals surface area contributed by atoms with Gasteiger partial charge in [0.2, 0.25) is 0 Å². The SMILES string of the molecule is Nc1ccc(C(=O)Nc2cccc(I)c2)cc1Br. The predicted octanol–water partition coefficient (Wildman–Crippen LogP) is 3.89. The van der Waals surface area contributed by atoms with Gasteiger partial charge in [0.1, 0.15) is 0 Å². The van der Waals surface area contributed by atoms with Crippen LogP contribution < -0.4 is 11.1 Å². The fraction of sp³-hybridized carbons (Fsp3) is 0. The third-order valence-corrected chi connectivity index (χ3v) is 3.70. The highest BCUT2D eigenvalue weighted by atomic mass is 127. The maximum absolute atomic E-state index is 12.0. The lowest BCUT2D eigenvalue weighted by Gasteiger charge is -2.07. The highest BCUT2D eigenvalue weighted by Gasteiger charge is 2.07. The molecule has 0 bridgehead atoms. The predicted molar refractivity (Wildman–Crippen MR) is 85.7 cm³/mol. The Kier molecular flexibility index (Phi) is 4.23. The number of hydrogen-bond donors (Lipinski definition) is 2. The molecule has 18 heavy (non-hydrogen) atoms. The number of carbonyl (C=O) groups excluding carboxylic acids is 1. The van der Waals surface area contributed by atoms with E-state index in [1.807, 2.05) is 24.3 Å². The summed E-state index contributed by atoms with van der Waals surface area (Å²) in [6, 6.07) is 12.7. The van der Waals surface area contributed by atoms with E-state index in [4.69, 9.17) is 5.73 Å². The van der Waals surface area contributed by atoms with E-state index in [0.29, 0.717) is 11.3 Å². The van der Waals surface area contributed by atoms with Crippen molar-refractivity contribution in [3.05, 3.63) is 56.1 Å². The fourth-order valence-electron chi connectivity index (χ4n) is 1.44. The number of hydrogen-bond acceptors (Lipinski definition) is 2. The molecule has 3 N–H and O–H groups in total. The Morgan fingerprint density at radius 3 is 2.67 bits per heavy atom. The van der Waals surface area contributed by atoms with Crippen molar-refractivity contribution >= 4 is 55.8 Å². The Labute approximate surface area is 127 Å². The van der Waals surface area contributed by atoms with Crippen LogP contribution in [0.25, 0.3) is 0 Å². The molecule has 0 aromatic heterocycles. The van der Waals surface area contributed by atoms with Crippen molar-refractivity contribution < 1.29 is 4.79 Å². The van der Waals surface area contributed by atoms with Crippen LogP contribution in [0.4, 0.5) is 11.4 Å². The molecule has 0 atom stereocenters. The molecule has 0 saturated heterocycles. The summed E-state index contributed by atoms with van der Waals surface area (Å²) in [5, 5.41) is 2.84. The summed E-state index contributed by atoms with van der Waals surface area (Å²) in [7, 11) is 0. The number of anilines is 2. The molecule has 0 aliphatic heterocycles. The second kappa shape index (κ2) is 5.71. The quantitative estimate of drug-likeness (QED) is 0.576. The van der Waals surface area contributed by atoms with Crippen molar-refractivity contribution in [2.45, 2.75) is 0 Å². The molecular formula is C13H10BrIN2O. The summed E-state index contributed by atoms with van der Waals surface area (Å²) in [6.07, 6.45) is 0. The number of halogens is 2. The standard InChI is InChI=1S/C13H10BrIN2O/c14-11-6-8(4-5-12(11)16)13(18)17-10-3-1-2-9(15)7-10/h1-7H,16H2,(H,17,18). The zero-order valence-corrected chi connectivity index (χ0v) is 13.0.